The molecule has 7 heteroatoms. The van der Waals surface area contributed by atoms with Crippen LogP contribution in [0.5, 0.6) is 0 Å². The second-order valence-corrected chi connectivity index (χ2v) is 8.42. The lowest BCUT2D eigenvalue weighted by atomic mass is 9.76. The first-order chi connectivity index (χ1) is 13.0. The Hall–Kier alpha value is -2.44. The van der Waals surface area contributed by atoms with Crippen LogP contribution in [0.4, 0.5) is 0 Å². The molecule has 1 aliphatic heterocycles. The van der Waals surface area contributed by atoms with Gasteiger partial charge < -0.3 is 9.88 Å². The number of aryl methyl sites for hydroxylation is 2. The van der Waals surface area contributed by atoms with Crippen LogP contribution in [0, 0.1) is 6.92 Å². The third-order valence-electron chi connectivity index (χ3n) is 6.69. The third-order valence-corrected chi connectivity index (χ3v) is 6.69. The van der Waals surface area contributed by atoms with E-state index in [1.807, 2.05) is 24.9 Å². The number of rotatable bonds is 2. The molecule has 2 fully saturated rings. The first-order valence-electron chi connectivity index (χ1n) is 9.90. The lowest BCUT2D eigenvalue weighted by Crippen LogP contribution is -2.45. The molecule has 0 bridgehead atoms. The number of likely N-dealkylation sites (tertiary alicyclic amines) is 1. The fraction of sp³-hybridized carbons (Fsp3) is 0.600. The number of hydrogen-bond acceptors (Lipinski definition) is 4. The van der Waals surface area contributed by atoms with Crippen molar-refractivity contribution < 1.29 is 4.79 Å². The lowest BCUT2D eigenvalue weighted by molar-refractivity contribution is 0.0656. The summed E-state index contributed by atoms with van der Waals surface area (Å²) < 4.78 is 1.74. The maximum Gasteiger partial charge on any atom is 0.274 e. The molecular weight excluding hydrogens is 342 g/mol. The Labute approximate surface area is 157 Å². The van der Waals surface area contributed by atoms with Crippen molar-refractivity contribution in [3.8, 4) is 0 Å². The first kappa shape index (κ1) is 16.7. The van der Waals surface area contributed by atoms with Gasteiger partial charge in [-0.2, -0.15) is 5.10 Å². The van der Waals surface area contributed by atoms with Crippen molar-refractivity contribution in [2.24, 2.45) is 7.05 Å². The predicted octanol–water partition coefficient (Wildman–Crippen LogP) is 1.81. The van der Waals surface area contributed by atoms with Crippen LogP contribution in [0.3, 0.4) is 0 Å². The molecule has 27 heavy (non-hydrogen) atoms. The molecule has 2 aromatic heterocycles. The predicted molar refractivity (Wildman–Crippen MR) is 99.9 cm³/mol. The molecule has 3 aliphatic rings. The van der Waals surface area contributed by atoms with Gasteiger partial charge in [0.05, 0.1) is 5.69 Å². The number of aromatic amines is 1. The summed E-state index contributed by atoms with van der Waals surface area (Å²) in [6.07, 6.45) is 5.77. The molecule has 1 saturated carbocycles. The number of nitrogens with zero attached hydrogens (tertiary/aromatic N) is 4. The molecule has 2 aliphatic carbocycles. The van der Waals surface area contributed by atoms with Gasteiger partial charge in [-0.05, 0) is 51.5 Å². The second kappa shape index (κ2) is 5.78. The van der Waals surface area contributed by atoms with E-state index in [1.54, 1.807) is 4.68 Å². The highest BCUT2D eigenvalue weighted by molar-refractivity contribution is 5.92. The van der Waals surface area contributed by atoms with Crippen LogP contribution in [0.2, 0.25) is 0 Å². The van der Waals surface area contributed by atoms with Crippen molar-refractivity contribution in [1.29, 1.82) is 0 Å². The number of H-pyrrole nitrogens is 1. The SMILES string of the molecule is Cc1cc(C(=O)N2CCC3(CCc4c3nc(C3CC3)[nH]c4=O)CC2)nn1C. The first-order valence-corrected chi connectivity index (χ1v) is 9.90. The number of aromatic nitrogens is 4. The minimum absolute atomic E-state index is 0.00399. The van der Waals surface area contributed by atoms with Crippen molar-refractivity contribution in [1.82, 2.24) is 24.6 Å². The summed E-state index contributed by atoms with van der Waals surface area (Å²) in [6.45, 7) is 3.34. The highest BCUT2D eigenvalue weighted by Crippen LogP contribution is 2.46. The van der Waals surface area contributed by atoms with Crippen LogP contribution >= 0.6 is 0 Å². The van der Waals surface area contributed by atoms with E-state index in [0.717, 1.165) is 61.3 Å². The van der Waals surface area contributed by atoms with Crippen molar-refractivity contribution in [3.05, 3.63) is 44.9 Å². The van der Waals surface area contributed by atoms with E-state index in [9.17, 15) is 9.59 Å². The zero-order valence-corrected chi connectivity index (χ0v) is 15.9. The zero-order chi connectivity index (χ0) is 18.8. The summed E-state index contributed by atoms with van der Waals surface area (Å²) in [5.41, 5.74) is 3.41. The fourth-order valence-corrected chi connectivity index (χ4v) is 4.67. The quantitative estimate of drug-likeness (QED) is 0.877. The Morgan fingerprint density at radius 2 is 2.00 bits per heavy atom. The highest BCUT2D eigenvalue weighted by Gasteiger charge is 2.45. The number of piperidine rings is 1. The topological polar surface area (TPSA) is 83.9 Å². The average Bonchev–Trinajstić information content (AvgIpc) is 3.38. The molecule has 0 atom stereocenters. The summed E-state index contributed by atoms with van der Waals surface area (Å²) in [5.74, 6) is 1.32. The molecule has 0 aromatic carbocycles. The summed E-state index contributed by atoms with van der Waals surface area (Å²) in [7, 11) is 1.85. The van der Waals surface area contributed by atoms with E-state index >= 15 is 0 Å². The molecule has 1 N–H and O–H groups in total. The van der Waals surface area contributed by atoms with Gasteiger partial charge in [-0.1, -0.05) is 0 Å². The molecule has 5 rings (SSSR count). The molecule has 0 unspecified atom stereocenters. The molecule has 3 heterocycles. The Morgan fingerprint density at radius 1 is 1.26 bits per heavy atom. The monoisotopic (exact) mass is 367 g/mol. The number of fused-ring (bicyclic) bond motifs is 2. The van der Waals surface area contributed by atoms with Crippen LogP contribution < -0.4 is 5.56 Å². The molecule has 1 amide bonds. The fourth-order valence-electron chi connectivity index (χ4n) is 4.67. The Bertz CT molecular complexity index is 957. The van der Waals surface area contributed by atoms with E-state index in [1.165, 1.54) is 0 Å². The van der Waals surface area contributed by atoms with Crippen molar-refractivity contribution in [3.63, 3.8) is 0 Å². The molecular formula is C20H25N5O2. The van der Waals surface area contributed by atoms with Crippen LogP contribution in [0.25, 0.3) is 0 Å². The second-order valence-electron chi connectivity index (χ2n) is 8.42. The van der Waals surface area contributed by atoms with Gasteiger partial charge in [-0.3, -0.25) is 14.3 Å². The maximum atomic E-state index is 12.8. The highest BCUT2D eigenvalue weighted by atomic mass is 16.2. The number of amides is 1. The van der Waals surface area contributed by atoms with Gasteiger partial charge in [0.2, 0.25) is 0 Å². The lowest BCUT2D eigenvalue weighted by Gasteiger charge is -2.39. The van der Waals surface area contributed by atoms with Crippen molar-refractivity contribution >= 4 is 5.91 Å². The van der Waals surface area contributed by atoms with Crippen molar-refractivity contribution in [2.45, 2.75) is 56.8 Å². The molecule has 0 radical (unpaired) electrons. The summed E-state index contributed by atoms with van der Waals surface area (Å²) in [6, 6.07) is 1.85. The van der Waals surface area contributed by atoms with Gasteiger partial charge in [0, 0.05) is 42.7 Å². The van der Waals surface area contributed by atoms with Gasteiger partial charge >= 0.3 is 0 Å². The molecule has 142 valence electrons. The zero-order valence-electron chi connectivity index (χ0n) is 15.9. The average molecular weight is 367 g/mol. The summed E-state index contributed by atoms with van der Waals surface area (Å²) in [4.78, 5) is 35.1. The largest absolute Gasteiger partial charge is 0.337 e. The number of carbonyl (C=O) groups excluding carboxylic acids is 1. The van der Waals surface area contributed by atoms with E-state index in [2.05, 4.69) is 10.1 Å². The van der Waals surface area contributed by atoms with E-state index in [0.29, 0.717) is 24.7 Å². The number of hydrogen-bond donors (Lipinski definition) is 1. The van der Waals surface area contributed by atoms with Gasteiger partial charge in [0.15, 0.2) is 5.69 Å². The standard InChI is InChI=1S/C20H25N5O2/c1-12-11-15(23-24(12)2)19(27)25-9-7-20(8-10-25)6-5-14-16(20)21-17(13-3-4-13)22-18(14)26/h11,13H,3-10H2,1-2H3,(H,21,22,26). The molecule has 1 spiro atoms. The van der Waals surface area contributed by atoms with Crippen LogP contribution in [-0.4, -0.2) is 43.6 Å². The molecule has 2 aromatic rings. The minimum Gasteiger partial charge on any atom is -0.337 e. The van der Waals surface area contributed by atoms with Gasteiger partial charge in [-0.25, -0.2) is 4.98 Å². The number of nitrogens with one attached hydrogen (secondary N) is 1. The van der Waals surface area contributed by atoms with Crippen LogP contribution in [0.1, 0.15) is 71.3 Å². The van der Waals surface area contributed by atoms with Crippen LogP contribution in [-0.2, 0) is 18.9 Å². The minimum atomic E-state index is -0.0377. The van der Waals surface area contributed by atoms with Gasteiger partial charge in [0.25, 0.3) is 11.5 Å². The molecule has 1 saturated heterocycles. The van der Waals surface area contributed by atoms with Gasteiger partial charge in [-0.15, -0.1) is 0 Å². The van der Waals surface area contributed by atoms with Crippen molar-refractivity contribution in [2.75, 3.05) is 13.1 Å². The third kappa shape index (κ3) is 2.63. The Morgan fingerprint density at radius 3 is 2.63 bits per heavy atom. The van der Waals surface area contributed by atoms with E-state index in [4.69, 9.17) is 4.98 Å². The Balaban J connectivity index is 1.38. The Kier molecular flexibility index (Phi) is 3.58. The van der Waals surface area contributed by atoms with E-state index in [-0.39, 0.29) is 16.9 Å². The maximum absolute atomic E-state index is 12.8. The van der Waals surface area contributed by atoms with E-state index < -0.39 is 0 Å². The van der Waals surface area contributed by atoms with Crippen LogP contribution in [0.15, 0.2) is 10.9 Å². The smallest absolute Gasteiger partial charge is 0.274 e. The van der Waals surface area contributed by atoms with Gasteiger partial charge in [0.1, 0.15) is 5.82 Å². The number of carbonyl (C=O) groups is 1. The molecule has 7 nitrogen and oxygen atoms in total. The summed E-state index contributed by atoms with van der Waals surface area (Å²) >= 11 is 0. The summed E-state index contributed by atoms with van der Waals surface area (Å²) in [5, 5.41) is 4.33. The normalized spacial score (nSPS) is 20.9.